The first-order chi connectivity index (χ1) is 22.3. The van der Waals surface area contributed by atoms with Gasteiger partial charge in [-0.1, -0.05) is 81.7 Å². The normalized spacial score (nSPS) is 23.4. The molecule has 0 spiro atoms. The number of ketones is 2. The lowest BCUT2D eigenvalue weighted by atomic mass is 9.99. The molecule has 3 rings (SSSR count). The average molecular weight is 657 g/mol. The summed E-state index contributed by atoms with van der Waals surface area (Å²) >= 11 is 0. The van der Waals surface area contributed by atoms with Gasteiger partial charge in [0.1, 0.15) is 24.3 Å². The molecule has 1 aromatic carbocycles. The molecule has 4 atom stereocenters. The molecule has 12 heteroatoms. The molecule has 3 N–H and O–H groups in total. The number of nitrogens with one attached hydrogen (secondary N) is 3. The van der Waals surface area contributed by atoms with Crippen LogP contribution in [0.15, 0.2) is 30.3 Å². The standard InChI is InChI=1S/C35H52N4O8/c1-24(40)30(41)27-18-14-9-7-5-6-8-10-15-19-28(38-34(45)47-35(2,3)4)32(43)39-22-26(20-29(39)31(42)37-27)21-36-33(44)46-23-25-16-12-11-13-17-25/h11-13,16-17,26-29H,5-10,14-15,18-23H2,1-4H3,(H,36,44)(H,37,42)(H,38,45)/t26-,27-,28-,29-/m0/s1. The van der Waals surface area contributed by atoms with Gasteiger partial charge in [0, 0.05) is 20.0 Å². The van der Waals surface area contributed by atoms with E-state index in [1.54, 1.807) is 20.8 Å². The molecule has 0 aliphatic carbocycles. The Morgan fingerprint density at radius 1 is 0.894 bits per heavy atom. The second-order valence-corrected chi connectivity index (χ2v) is 13.6. The van der Waals surface area contributed by atoms with Crippen molar-refractivity contribution in [3.63, 3.8) is 0 Å². The van der Waals surface area contributed by atoms with Crippen LogP contribution in [-0.2, 0) is 35.3 Å². The largest absolute Gasteiger partial charge is 0.445 e. The van der Waals surface area contributed by atoms with Crippen LogP contribution in [0.25, 0.3) is 0 Å². The quantitative estimate of drug-likeness (QED) is 0.360. The fourth-order valence-electron chi connectivity index (χ4n) is 6.01. The summed E-state index contributed by atoms with van der Waals surface area (Å²) in [5.41, 5.74) is 0.0608. The summed E-state index contributed by atoms with van der Waals surface area (Å²) in [5.74, 6) is -2.61. The smallest absolute Gasteiger partial charge is 0.408 e. The Balaban J connectivity index is 1.81. The van der Waals surface area contributed by atoms with Gasteiger partial charge >= 0.3 is 12.2 Å². The van der Waals surface area contributed by atoms with Crippen LogP contribution < -0.4 is 16.0 Å². The van der Waals surface area contributed by atoms with Crippen LogP contribution in [0.3, 0.4) is 0 Å². The van der Waals surface area contributed by atoms with Gasteiger partial charge in [-0.05, 0) is 51.5 Å². The third-order valence-electron chi connectivity index (χ3n) is 8.43. The zero-order valence-corrected chi connectivity index (χ0v) is 28.3. The van der Waals surface area contributed by atoms with Crippen LogP contribution in [-0.4, -0.2) is 77.3 Å². The maximum Gasteiger partial charge on any atom is 0.408 e. The molecular weight excluding hydrogens is 604 g/mol. The molecule has 12 nitrogen and oxygen atoms in total. The van der Waals surface area contributed by atoms with Crippen molar-refractivity contribution in [1.82, 2.24) is 20.9 Å². The van der Waals surface area contributed by atoms with Gasteiger partial charge < -0.3 is 30.3 Å². The van der Waals surface area contributed by atoms with Crippen molar-refractivity contribution < 1.29 is 38.2 Å². The molecule has 2 aliphatic rings. The number of hydrogen-bond donors (Lipinski definition) is 3. The molecule has 260 valence electrons. The van der Waals surface area contributed by atoms with Crippen LogP contribution in [0.2, 0.25) is 0 Å². The number of ether oxygens (including phenoxy) is 2. The van der Waals surface area contributed by atoms with Crippen molar-refractivity contribution in [3.05, 3.63) is 35.9 Å². The van der Waals surface area contributed by atoms with E-state index in [1.165, 1.54) is 11.8 Å². The second-order valence-electron chi connectivity index (χ2n) is 13.6. The second kappa shape index (κ2) is 18.4. The summed E-state index contributed by atoms with van der Waals surface area (Å²) in [5, 5.41) is 8.24. The highest BCUT2D eigenvalue weighted by Crippen LogP contribution is 2.26. The van der Waals surface area contributed by atoms with Gasteiger partial charge in [-0.3, -0.25) is 19.2 Å². The molecule has 2 fully saturated rings. The van der Waals surface area contributed by atoms with Gasteiger partial charge in [0.25, 0.3) is 0 Å². The number of hydrogen-bond acceptors (Lipinski definition) is 8. The molecule has 2 saturated heterocycles. The van der Waals surface area contributed by atoms with E-state index < -0.39 is 59.3 Å². The van der Waals surface area contributed by atoms with Crippen LogP contribution in [0, 0.1) is 5.92 Å². The minimum absolute atomic E-state index is 0.0938. The van der Waals surface area contributed by atoms with E-state index in [0.29, 0.717) is 25.7 Å². The van der Waals surface area contributed by atoms with E-state index >= 15 is 0 Å². The van der Waals surface area contributed by atoms with Gasteiger partial charge in [0.05, 0.1) is 6.04 Å². The zero-order valence-electron chi connectivity index (χ0n) is 28.3. The molecule has 0 aromatic heterocycles. The lowest BCUT2D eigenvalue weighted by molar-refractivity contribution is -0.142. The van der Waals surface area contributed by atoms with E-state index in [4.69, 9.17) is 9.47 Å². The van der Waals surface area contributed by atoms with Gasteiger partial charge in [0.2, 0.25) is 17.6 Å². The number of carbonyl (C=O) groups is 6. The first kappa shape index (κ1) is 37.5. The summed E-state index contributed by atoms with van der Waals surface area (Å²) in [4.78, 5) is 79.5. The summed E-state index contributed by atoms with van der Waals surface area (Å²) in [6.07, 6.45) is 6.70. The maximum atomic E-state index is 14.1. The van der Waals surface area contributed by atoms with E-state index in [1.807, 2.05) is 30.3 Å². The monoisotopic (exact) mass is 656 g/mol. The summed E-state index contributed by atoms with van der Waals surface area (Å²) in [6.45, 7) is 6.76. The average Bonchev–Trinajstić information content (AvgIpc) is 3.45. The topological polar surface area (TPSA) is 160 Å². The SMILES string of the molecule is CC(=O)C(=O)[C@@H]1CCCCCCCCCC[C@H](NC(=O)OC(C)(C)C)C(=O)N2C[C@H](CNC(=O)OCc3ccccc3)C[C@H]2C(=O)N1. The molecule has 0 saturated carbocycles. The summed E-state index contributed by atoms with van der Waals surface area (Å²) < 4.78 is 10.8. The molecular formula is C35H52N4O8. The Labute approximate surface area is 278 Å². The fraction of sp³-hybridized carbons (Fsp3) is 0.657. The van der Waals surface area contributed by atoms with E-state index in [2.05, 4.69) is 16.0 Å². The Kier molecular flexibility index (Phi) is 14.7. The van der Waals surface area contributed by atoms with E-state index in [9.17, 15) is 28.8 Å². The highest BCUT2D eigenvalue weighted by atomic mass is 16.6. The molecule has 2 aliphatic heterocycles. The highest BCUT2D eigenvalue weighted by Gasteiger charge is 2.43. The van der Waals surface area contributed by atoms with E-state index in [0.717, 1.165) is 44.1 Å². The lowest BCUT2D eigenvalue weighted by Crippen LogP contribution is -2.56. The number of benzene rings is 1. The number of rotatable bonds is 7. The van der Waals surface area contributed by atoms with Gasteiger partial charge in [0.15, 0.2) is 5.78 Å². The maximum absolute atomic E-state index is 14.1. The Hall–Kier alpha value is -3.96. The van der Waals surface area contributed by atoms with Crippen molar-refractivity contribution in [2.45, 2.75) is 129 Å². The van der Waals surface area contributed by atoms with Gasteiger partial charge in [-0.25, -0.2) is 9.59 Å². The van der Waals surface area contributed by atoms with Crippen molar-refractivity contribution in [2.24, 2.45) is 5.92 Å². The lowest BCUT2D eigenvalue weighted by Gasteiger charge is -2.30. The molecule has 0 radical (unpaired) electrons. The van der Waals surface area contributed by atoms with Crippen LogP contribution in [0.5, 0.6) is 0 Å². The van der Waals surface area contributed by atoms with E-state index in [-0.39, 0.29) is 32.0 Å². The van der Waals surface area contributed by atoms with Crippen LogP contribution in [0.1, 0.15) is 104 Å². The summed E-state index contributed by atoms with van der Waals surface area (Å²) in [7, 11) is 0. The first-order valence-electron chi connectivity index (χ1n) is 16.9. The predicted molar refractivity (Wildman–Crippen MR) is 175 cm³/mol. The van der Waals surface area contributed by atoms with Gasteiger partial charge in [-0.2, -0.15) is 0 Å². The molecule has 0 unspecified atom stereocenters. The Bertz CT molecular complexity index is 1230. The molecule has 1 aromatic rings. The number of amides is 4. The fourth-order valence-corrected chi connectivity index (χ4v) is 6.01. The molecule has 0 bridgehead atoms. The first-order valence-corrected chi connectivity index (χ1v) is 16.9. The Morgan fingerprint density at radius 3 is 2.13 bits per heavy atom. The van der Waals surface area contributed by atoms with Crippen molar-refractivity contribution in [2.75, 3.05) is 13.1 Å². The third kappa shape index (κ3) is 13.0. The minimum Gasteiger partial charge on any atom is -0.445 e. The minimum atomic E-state index is -0.992. The predicted octanol–water partition coefficient (Wildman–Crippen LogP) is 4.58. The highest BCUT2D eigenvalue weighted by molar-refractivity contribution is 6.38. The number of fused-ring (bicyclic) bond motifs is 1. The van der Waals surface area contributed by atoms with Crippen LogP contribution in [0.4, 0.5) is 9.59 Å². The van der Waals surface area contributed by atoms with Crippen molar-refractivity contribution >= 4 is 35.6 Å². The van der Waals surface area contributed by atoms with Crippen LogP contribution >= 0.6 is 0 Å². The number of carbonyl (C=O) groups excluding carboxylic acids is 6. The molecule has 4 amide bonds. The third-order valence-corrected chi connectivity index (χ3v) is 8.43. The zero-order chi connectivity index (χ0) is 34.4. The van der Waals surface area contributed by atoms with Gasteiger partial charge in [-0.15, -0.1) is 0 Å². The van der Waals surface area contributed by atoms with Crippen molar-refractivity contribution in [3.8, 4) is 0 Å². The summed E-state index contributed by atoms with van der Waals surface area (Å²) in [6, 6.07) is 6.34. The number of alkyl carbamates (subject to hydrolysis) is 2. The Morgan fingerprint density at radius 2 is 1.51 bits per heavy atom. The molecule has 47 heavy (non-hydrogen) atoms. The number of nitrogens with zero attached hydrogens (tertiary/aromatic N) is 1. The van der Waals surface area contributed by atoms with Crippen molar-refractivity contribution in [1.29, 1.82) is 0 Å². The molecule has 2 heterocycles. The number of Topliss-reactive ketones (excluding diaryl/α,β-unsaturated/α-hetero) is 2.